The summed E-state index contributed by atoms with van der Waals surface area (Å²) >= 11 is 0. The average molecular weight is 358 g/mol. The van der Waals surface area contributed by atoms with Gasteiger partial charge in [-0.25, -0.2) is 0 Å². The summed E-state index contributed by atoms with van der Waals surface area (Å²) in [5.41, 5.74) is 5.24. The molecule has 0 saturated carbocycles. The van der Waals surface area contributed by atoms with E-state index in [-0.39, 0.29) is 11.9 Å². The van der Waals surface area contributed by atoms with E-state index in [0.29, 0.717) is 5.56 Å². The van der Waals surface area contributed by atoms with Crippen LogP contribution >= 0.6 is 0 Å². The van der Waals surface area contributed by atoms with Gasteiger partial charge in [0.2, 0.25) is 0 Å². The van der Waals surface area contributed by atoms with E-state index in [1.807, 2.05) is 36.4 Å². The molecule has 1 amide bonds. The van der Waals surface area contributed by atoms with E-state index in [4.69, 9.17) is 0 Å². The molecule has 0 spiro atoms. The van der Waals surface area contributed by atoms with Crippen LogP contribution in [0.25, 0.3) is 11.1 Å². The fourth-order valence-electron chi connectivity index (χ4n) is 3.22. The number of pyridine rings is 1. The van der Waals surface area contributed by atoms with Crippen LogP contribution in [0.1, 0.15) is 53.7 Å². The first kappa shape index (κ1) is 18.8. The smallest absolute Gasteiger partial charge is 0.251 e. The van der Waals surface area contributed by atoms with Gasteiger partial charge in [0, 0.05) is 18.0 Å². The summed E-state index contributed by atoms with van der Waals surface area (Å²) in [5, 5.41) is 3.22. The molecule has 0 unspecified atom stereocenters. The molecule has 1 atom stereocenters. The zero-order chi connectivity index (χ0) is 19.1. The lowest BCUT2D eigenvalue weighted by Gasteiger charge is -2.20. The predicted molar refractivity (Wildman–Crippen MR) is 111 cm³/mol. The lowest BCUT2D eigenvalue weighted by molar-refractivity contribution is 0.0934. The Morgan fingerprint density at radius 2 is 1.70 bits per heavy atom. The number of aryl methyl sites for hydroxylation is 1. The lowest BCUT2D eigenvalue weighted by Crippen LogP contribution is -2.28. The Bertz CT molecular complexity index is 872. The van der Waals surface area contributed by atoms with Crippen LogP contribution in [-0.4, -0.2) is 10.9 Å². The van der Waals surface area contributed by atoms with Crippen molar-refractivity contribution in [3.05, 3.63) is 89.7 Å². The normalized spacial score (nSPS) is 11.8. The molecule has 27 heavy (non-hydrogen) atoms. The van der Waals surface area contributed by atoms with Crippen molar-refractivity contribution in [2.24, 2.45) is 0 Å². The second-order valence-electron chi connectivity index (χ2n) is 6.90. The Balaban J connectivity index is 1.75. The minimum atomic E-state index is -0.0288. The van der Waals surface area contributed by atoms with E-state index in [2.05, 4.69) is 48.4 Å². The van der Waals surface area contributed by atoms with E-state index in [1.54, 1.807) is 12.4 Å². The van der Waals surface area contributed by atoms with Crippen molar-refractivity contribution in [1.82, 2.24) is 10.3 Å². The number of amides is 1. The van der Waals surface area contributed by atoms with Gasteiger partial charge in [-0.05, 0) is 54.3 Å². The van der Waals surface area contributed by atoms with Crippen molar-refractivity contribution in [2.45, 2.75) is 39.2 Å². The van der Waals surface area contributed by atoms with E-state index >= 15 is 0 Å². The zero-order valence-electron chi connectivity index (χ0n) is 16.0. The van der Waals surface area contributed by atoms with Crippen LogP contribution < -0.4 is 5.32 Å². The van der Waals surface area contributed by atoms with Crippen molar-refractivity contribution in [3.8, 4) is 11.1 Å². The Morgan fingerprint density at radius 3 is 2.37 bits per heavy atom. The summed E-state index contributed by atoms with van der Waals surface area (Å²) in [5.74, 6) is -0.0288. The summed E-state index contributed by atoms with van der Waals surface area (Å²) in [7, 11) is 0. The molecule has 3 heteroatoms. The summed E-state index contributed by atoms with van der Waals surface area (Å²) in [6, 6.07) is 20.1. The predicted octanol–water partition coefficient (Wildman–Crippen LogP) is 5.72. The third-order valence-corrected chi connectivity index (χ3v) is 4.76. The first-order valence-electron chi connectivity index (χ1n) is 9.55. The second-order valence-corrected chi connectivity index (χ2v) is 6.90. The number of unbranched alkanes of at least 4 members (excludes halogenated alkanes) is 1. The monoisotopic (exact) mass is 358 g/mol. The molecule has 138 valence electrons. The Kier molecular flexibility index (Phi) is 6.37. The van der Waals surface area contributed by atoms with E-state index < -0.39 is 0 Å². The van der Waals surface area contributed by atoms with Gasteiger partial charge in [0.1, 0.15) is 0 Å². The number of carbonyl (C=O) groups excluding carboxylic acids is 1. The van der Waals surface area contributed by atoms with Crippen LogP contribution in [0.2, 0.25) is 0 Å². The number of rotatable bonds is 7. The Hall–Kier alpha value is -2.94. The van der Waals surface area contributed by atoms with Crippen molar-refractivity contribution in [3.63, 3.8) is 0 Å². The molecule has 3 rings (SSSR count). The largest absolute Gasteiger partial charge is 0.345 e. The number of aromatic nitrogens is 1. The molecule has 2 aromatic carbocycles. The number of nitrogens with one attached hydrogen (secondary N) is 1. The van der Waals surface area contributed by atoms with Crippen LogP contribution in [0.4, 0.5) is 0 Å². The van der Waals surface area contributed by atoms with Gasteiger partial charge in [0.15, 0.2) is 0 Å². The molecule has 0 aliphatic rings. The van der Waals surface area contributed by atoms with Crippen LogP contribution in [0.5, 0.6) is 0 Å². The third kappa shape index (κ3) is 5.04. The van der Waals surface area contributed by atoms with Crippen LogP contribution in [0.3, 0.4) is 0 Å². The minimum Gasteiger partial charge on any atom is -0.345 e. The van der Waals surface area contributed by atoms with Gasteiger partial charge in [-0.2, -0.15) is 0 Å². The topological polar surface area (TPSA) is 42.0 Å². The molecule has 3 nitrogen and oxygen atoms in total. The summed E-state index contributed by atoms with van der Waals surface area (Å²) in [6.45, 7) is 4.26. The zero-order valence-corrected chi connectivity index (χ0v) is 16.0. The first-order chi connectivity index (χ1) is 13.2. The number of benzene rings is 2. The van der Waals surface area contributed by atoms with Gasteiger partial charge in [0.25, 0.3) is 5.91 Å². The highest BCUT2D eigenvalue weighted by Gasteiger charge is 2.15. The number of carbonyl (C=O) groups is 1. The van der Waals surface area contributed by atoms with E-state index in [0.717, 1.165) is 30.4 Å². The Morgan fingerprint density at radius 1 is 1.00 bits per heavy atom. The fraction of sp³-hybridized carbons (Fsp3) is 0.250. The van der Waals surface area contributed by atoms with Gasteiger partial charge in [0.05, 0.1) is 6.04 Å². The molecule has 0 saturated heterocycles. The average Bonchev–Trinajstić information content (AvgIpc) is 2.71. The number of nitrogens with zero attached hydrogens (tertiary/aromatic N) is 1. The summed E-state index contributed by atoms with van der Waals surface area (Å²) < 4.78 is 0. The van der Waals surface area contributed by atoms with Crippen molar-refractivity contribution in [2.75, 3.05) is 0 Å². The van der Waals surface area contributed by atoms with Gasteiger partial charge in [-0.15, -0.1) is 0 Å². The molecule has 0 aliphatic heterocycles. The molecule has 0 aliphatic carbocycles. The molecule has 3 aromatic rings. The molecule has 1 N–H and O–H groups in total. The minimum absolute atomic E-state index is 0.0288. The van der Waals surface area contributed by atoms with Gasteiger partial charge in [-0.3, -0.25) is 9.78 Å². The molecule has 0 fully saturated rings. The molecule has 0 radical (unpaired) electrons. The fourth-order valence-corrected chi connectivity index (χ4v) is 3.22. The molecule has 1 aromatic heterocycles. The highest BCUT2D eigenvalue weighted by Crippen LogP contribution is 2.22. The first-order valence-corrected chi connectivity index (χ1v) is 9.55. The number of hydrogen-bond donors (Lipinski definition) is 1. The molecular weight excluding hydrogens is 332 g/mol. The van der Waals surface area contributed by atoms with Crippen LogP contribution in [0, 0.1) is 6.92 Å². The maximum Gasteiger partial charge on any atom is 0.251 e. The quantitative estimate of drug-likeness (QED) is 0.587. The van der Waals surface area contributed by atoms with Gasteiger partial charge < -0.3 is 5.32 Å². The highest BCUT2D eigenvalue weighted by molar-refractivity contribution is 5.95. The van der Waals surface area contributed by atoms with Crippen molar-refractivity contribution in [1.29, 1.82) is 0 Å². The highest BCUT2D eigenvalue weighted by atomic mass is 16.1. The molecule has 1 heterocycles. The SMILES string of the molecule is CCCC[C@@H](NC(=O)c1ccc(-c2ccncc2)cc1)c1cccc(C)c1. The van der Waals surface area contributed by atoms with E-state index in [9.17, 15) is 4.79 Å². The van der Waals surface area contributed by atoms with Crippen LogP contribution in [-0.2, 0) is 0 Å². The van der Waals surface area contributed by atoms with Gasteiger partial charge >= 0.3 is 0 Å². The van der Waals surface area contributed by atoms with Gasteiger partial charge in [-0.1, -0.05) is 61.7 Å². The van der Waals surface area contributed by atoms with Crippen molar-refractivity contribution < 1.29 is 4.79 Å². The van der Waals surface area contributed by atoms with E-state index in [1.165, 1.54) is 11.1 Å². The third-order valence-electron chi connectivity index (χ3n) is 4.76. The Labute approximate surface area is 161 Å². The lowest BCUT2D eigenvalue weighted by atomic mass is 9.98. The standard InChI is InChI=1S/C24H26N2O/c1-3-4-8-23(22-7-5-6-18(2)17-22)26-24(27)21-11-9-19(10-12-21)20-13-15-25-16-14-20/h5-7,9-17,23H,3-4,8H2,1-2H3,(H,26,27)/t23-/m1/s1. The molecule has 0 bridgehead atoms. The maximum atomic E-state index is 12.8. The van der Waals surface area contributed by atoms with Crippen LogP contribution in [0.15, 0.2) is 73.1 Å². The maximum absolute atomic E-state index is 12.8. The molecular formula is C24H26N2O. The summed E-state index contributed by atoms with van der Waals surface area (Å²) in [6.07, 6.45) is 6.69. The van der Waals surface area contributed by atoms with Crippen molar-refractivity contribution >= 4 is 5.91 Å². The summed E-state index contributed by atoms with van der Waals surface area (Å²) in [4.78, 5) is 16.8. The number of hydrogen-bond acceptors (Lipinski definition) is 2. The second kappa shape index (κ2) is 9.13.